The molecule has 106 valence electrons. The van der Waals surface area contributed by atoms with Crippen molar-refractivity contribution in [2.75, 3.05) is 45.9 Å². The molecule has 0 bridgehead atoms. The highest BCUT2D eigenvalue weighted by molar-refractivity contribution is 4.83. The maximum atomic E-state index is 5.87. The summed E-state index contributed by atoms with van der Waals surface area (Å²) >= 11 is 0. The van der Waals surface area contributed by atoms with Gasteiger partial charge in [0, 0.05) is 19.7 Å². The van der Waals surface area contributed by atoms with E-state index in [1.807, 2.05) is 0 Å². The average Bonchev–Trinajstić information content (AvgIpc) is 2.43. The van der Waals surface area contributed by atoms with Crippen molar-refractivity contribution in [1.82, 2.24) is 9.80 Å². The highest BCUT2D eigenvalue weighted by Gasteiger charge is 2.31. The summed E-state index contributed by atoms with van der Waals surface area (Å²) in [4.78, 5) is 5.19. The molecule has 2 fully saturated rings. The molecule has 2 unspecified atom stereocenters. The van der Waals surface area contributed by atoms with Crippen LogP contribution in [0.2, 0.25) is 0 Å². The highest BCUT2D eigenvalue weighted by atomic mass is 16.5. The molecule has 18 heavy (non-hydrogen) atoms. The summed E-state index contributed by atoms with van der Waals surface area (Å²) in [6.45, 7) is 13.0. The van der Waals surface area contributed by atoms with Crippen LogP contribution in [0.25, 0.3) is 0 Å². The molecular weight excluding hydrogens is 224 g/mol. The summed E-state index contributed by atoms with van der Waals surface area (Å²) in [5, 5.41) is 0. The zero-order chi connectivity index (χ0) is 12.8. The molecule has 2 saturated heterocycles. The molecule has 2 rings (SSSR count). The fourth-order valence-electron chi connectivity index (χ4n) is 3.42. The van der Waals surface area contributed by atoms with E-state index in [9.17, 15) is 0 Å². The van der Waals surface area contributed by atoms with Gasteiger partial charge in [-0.3, -0.25) is 0 Å². The van der Waals surface area contributed by atoms with Crippen molar-refractivity contribution in [2.45, 2.75) is 45.6 Å². The van der Waals surface area contributed by atoms with Crippen LogP contribution in [-0.4, -0.2) is 61.8 Å². The molecule has 0 radical (unpaired) electrons. The van der Waals surface area contributed by atoms with E-state index in [1.54, 1.807) is 0 Å². The van der Waals surface area contributed by atoms with Gasteiger partial charge in [0.15, 0.2) is 0 Å². The standard InChI is InChI=1S/C15H30N2O/c1-3-16(4-2)9-6-10-17-11-8-15-14(13-17)7-5-12-18-15/h14-15H,3-13H2,1-2H3. The molecule has 2 aliphatic heterocycles. The summed E-state index contributed by atoms with van der Waals surface area (Å²) in [7, 11) is 0. The second-order valence-electron chi connectivity index (χ2n) is 5.78. The number of nitrogens with zero attached hydrogens (tertiary/aromatic N) is 2. The first-order valence-corrected chi connectivity index (χ1v) is 7.89. The lowest BCUT2D eigenvalue weighted by atomic mass is 9.88. The van der Waals surface area contributed by atoms with Crippen LogP contribution in [0.3, 0.4) is 0 Å². The van der Waals surface area contributed by atoms with Gasteiger partial charge >= 0.3 is 0 Å². The molecule has 0 spiro atoms. The van der Waals surface area contributed by atoms with Gasteiger partial charge < -0.3 is 14.5 Å². The SMILES string of the molecule is CCN(CC)CCCN1CCC2OCCCC2C1. The zero-order valence-corrected chi connectivity index (χ0v) is 12.2. The molecule has 3 heteroatoms. The molecule has 3 nitrogen and oxygen atoms in total. The van der Waals surface area contributed by atoms with E-state index in [0.717, 1.165) is 12.5 Å². The molecule has 0 aromatic carbocycles. The van der Waals surface area contributed by atoms with Gasteiger partial charge in [0.2, 0.25) is 0 Å². The lowest BCUT2D eigenvalue weighted by Crippen LogP contribution is -2.46. The number of hydrogen-bond donors (Lipinski definition) is 0. The van der Waals surface area contributed by atoms with Gasteiger partial charge in [-0.25, -0.2) is 0 Å². The van der Waals surface area contributed by atoms with Gasteiger partial charge in [-0.15, -0.1) is 0 Å². The maximum absolute atomic E-state index is 5.87. The minimum Gasteiger partial charge on any atom is -0.378 e. The third kappa shape index (κ3) is 3.94. The third-order valence-electron chi connectivity index (χ3n) is 4.64. The van der Waals surface area contributed by atoms with E-state index in [1.165, 1.54) is 65.0 Å². The minimum absolute atomic E-state index is 0.581. The molecule has 0 aromatic heterocycles. The summed E-state index contributed by atoms with van der Waals surface area (Å²) in [5.41, 5.74) is 0. The predicted molar refractivity (Wildman–Crippen MR) is 75.9 cm³/mol. The zero-order valence-electron chi connectivity index (χ0n) is 12.2. The maximum Gasteiger partial charge on any atom is 0.0627 e. The monoisotopic (exact) mass is 254 g/mol. The van der Waals surface area contributed by atoms with Crippen molar-refractivity contribution in [2.24, 2.45) is 5.92 Å². The Bertz CT molecular complexity index is 231. The van der Waals surface area contributed by atoms with Gasteiger partial charge in [-0.1, -0.05) is 13.8 Å². The first kappa shape index (κ1) is 14.3. The Kier molecular flexibility index (Phi) is 5.93. The molecule has 0 aromatic rings. The average molecular weight is 254 g/mol. The molecule has 0 amide bonds. The second-order valence-corrected chi connectivity index (χ2v) is 5.78. The van der Waals surface area contributed by atoms with Crippen molar-refractivity contribution >= 4 is 0 Å². The van der Waals surface area contributed by atoms with E-state index in [0.29, 0.717) is 6.10 Å². The number of hydrogen-bond acceptors (Lipinski definition) is 3. The van der Waals surface area contributed by atoms with Gasteiger partial charge in [-0.2, -0.15) is 0 Å². The van der Waals surface area contributed by atoms with E-state index in [-0.39, 0.29) is 0 Å². The molecular formula is C15H30N2O. The molecule has 0 saturated carbocycles. The van der Waals surface area contributed by atoms with Crippen LogP contribution in [0.15, 0.2) is 0 Å². The van der Waals surface area contributed by atoms with Crippen LogP contribution in [0, 0.1) is 5.92 Å². The Morgan fingerprint density at radius 3 is 2.83 bits per heavy atom. The lowest BCUT2D eigenvalue weighted by Gasteiger charge is -2.41. The van der Waals surface area contributed by atoms with Crippen molar-refractivity contribution in [3.63, 3.8) is 0 Å². The molecule has 2 heterocycles. The Morgan fingerprint density at radius 2 is 2.06 bits per heavy atom. The second kappa shape index (κ2) is 7.46. The molecule has 0 aliphatic carbocycles. The summed E-state index contributed by atoms with van der Waals surface area (Å²) < 4.78 is 5.87. The van der Waals surface area contributed by atoms with Gasteiger partial charge in [0.1, 0.15) is 0 Å². The third-order valence-corrected chi connectivity index (χ3v) is 4.64. The van der Waals surface area contributed by atoms with Crippen molar-refractivity contribution in [3.8, 4) is 0 Å². The first-order valence-electron chi connectivity index (χ1n) is 7.89. The molecule has 2 atom stereocenters. The fraction of sp³-hybridized carbons (Fsp3) is 1.00. The summed E-state index contributed by atoms with van der Waals surface area (Å²) in [5.74, 6) is 0.820. The van der Waals surface area contributed by atoms with Crippen molar-refractivity contribution < 1.29 is 4.74 Å². The number of rotatable bonds is 6. The van der Waals surface area contributed by atoms with Crippen LogP contribution in [0.1, 0.15) is 39.5 Å². The predicted octanol–water partition coefficient (Wildman–Crippen LogP) is 2.22. The minimum atomic E-state index is 0.581. The number of ether oxygens (including phenoxy) is 1. The van der Waals surface area contributed by atoms with Crippen LogP contribution in [0.5, 0.6) is 0 Å². The number of piperidine rings is 1. The van der Waals surface area contributed by atoms with E-state index >= 15 is 0 Å². The van der Waals surface area contributed by atoms with Crippen molar-refractivity contribution in [1.29, 1.82) is 0 Å². The van der Waals surface area contributed by atoms with Gasteiger partial charge in [0.05, 0.1) is 6.10 Å². The highest BCUT2D eigenvalue weighted by Crippen LogP contribution is 2.28. The van der Waals surface area contributed by atoms with Crippen molar-refractivity contribution in [3.05, 3.63) is 0 Å². The lowest BCUT2D eigenvalue weighted by molar-refractivity contribution is -0.0664. The van der Waals surface area contributed by atoms with Gasteiger partial charge in [-0.05, 0) is 57.8 Å². The summed E-state index contributed by atoms with van der Waals surface area (Å²) in [6.07, 6.45) is 5.82. The van der Waals surface area contributed by atoms with E-state index < -0.39 is 0 Å². The topological polar surface area (TPSA) is 15.7 Å². The van der Waals surface area contributed by atoms with Crippen LogP contribution < -0.4 is 0 Å². The summed E-state index contributed by atoms with van der Waals surface area (Å²) in [6, 6.07) is 0. The Morgan fingerprint density at radius 1 is 1.22 bits per heavy atom. The van der Waals surface area contributed by atoms with Crippen LogP contribution in [-0.2, 0) is 4.74 Å². The smallest absolute Gasteiger partial charge is 0.0627 e. The van der Waals surface area contributed by atoms with Crippen LogP contribution >= 0.6 is 0 Å². The van der Waals surface area contributed by atoms with Crippen LogP contribution in [0.4, 0.5) is 0 Å². The number of likely N-dealkylation sites (tertiary alicyclic amines) is 1. The molecule has 2 aliphatic rings. The van der Waals surface area contributed by atoms with E-state index in [4.69, 9.17) is 4.74 Å². The Hall–Kier alpha value is -0.120. The number of fused-ring (bicyclic) bond motifs is 1. The normalized spacial score (nSPS) is 29.5. The molecule has 0 N–H and O–H groups in total. The quantitative estimate of drug-likeness (QED) is 0.723. The first-order chi connectivity index (χ1) is 8.83. The fourth-order valence-corrected chi connectivity index (χ4v) is 3.42. The Balaban J connectivity index is 1.65. The van der Waals surface area contributed by atoms with E-state index in [2.05, 4.69) is 23.6 Å². The van der Waals surface area contributed by atoms with Gasteiger partial charge in [0.25, 0.3) is 0 Å². The Labute approximate surface area is 112 Å². The largest absolute Gasteiger partial charge is 0.378 e.